The van der Waals surface area contributed by atoms with E-state index in [0.29, 0.717) is 12.6 Å². The Morgan fingerprint density at radius 3 is 2.71 bits per heavy atom. The second-order valence-corrected chi connectivity index (χ2v) is 6.01. The van der Waals surface area contributed by atoms with Crippen molar-refractivity contribution in [2.24, 2.45) is 0 Å². The highest BCUT2D eigenvalue weighted by Gasteiger charge is 2.21. The van der Waals surface area contributed by atoms with Crippen LogP contribution in [0.15, 0.2) is 36.4 Å². The molecule has 1 aliphatic rings. The molecule has 1 N–H and O–H groups in total. The number of aryl methyl sites for hydroxylation is 1. The van der Waals surface area contributed by atoms with E-state index >= 15 is 0 Å². The monoisotopic (exact) mass is 301 g/mol. The topological polar surface area (TPSA) is 21.3 Å². The zero-order valence-electron chi connectivity index (χ0n) is 12.4. The van der Waals surface area contributed by atoms with Gasteiger partial charge in [-0.2, -0.15) is 0 Å². The van der Waals surface area contributed by atoms with Gasteiger partial charge in [-0.25, -0.2) is 0 Å². The second-order valence-electron chi connectivity index (χ2n) is 5.57. The summed E-state index contributed by atoms with van der Waals surface area (Å²) >= 11 is 6.07. The van der Waals surface area contributed by atoms with Crippen LogP contribution in [0.4, 0.5) is 5.69 Å². The normalized spacial score (nSPS) is 16.6. The van der Waals surface area contributed by atoms with Gasteiger partial charge in [-0.05, 0) is 73.7 Å². The number of halogens is 1. The fourth-order valence-corrected chi connectivity index (χ4v) is 3.16. The van der Waals surface area contributed by atoms with Crippen LogP contribution in [0.25, 0.3) is 0 Å². The van der Waals surface area contributed by atoms with Crippen LogP contribution < -0.4 is 10.1 Å². The van der Waals surface area contributed by atoms with Crippen LogP contribution in [-0.4, -0.2) is 12.6 Å². The lowest BCUT2D eigenvalue weighted by atomic mass is 10.1. The third-order valence-corrected chi connectivity index (χ3v) is 4.20. The Labute approximate surface area is 131 Å². The smallest absolute Gasteiger partial charge is 0.119 e. The van der Waals surface area contributed by atoms with E-state index in [0.717, 1.165) is 23.6 Å². The van der Waals surface area contributed by atoms with Crippen LogP contribution >= 0.6 is 11.6 Å². The van der Waals surface area contributed by atoms with Gasteiger partial charge in [0.2, 0.25) is 0 Å². The van der Waals surface area contributed by atoms with Crippen LogP contribution in [0.2, 0.25) is 5.02 Å². The molecule has 1 unspecified atom stereocenters. The molecule has 0 aromatic heterocycles. The number of hydrogen-bond acceptors (Lipinski definition) is 2. The molecule has 2 aromatic carbocycles. The van der Waals surface area contributed by atoms with Crippen molar-refractivity contribution in [3.05, 3.63) is 58.1 Å². The van der Waals surface area contributed by atoms with Gasteiger partial charge in [0.1, 0.15) is 5.75 Å². The van der Waals surface area contributed by atoms with E-state index in [4.69, 9.17) is 16.3 Å². The molecule has 1 atom stereocenters. The Balaban J connectivity index is 1.71. The maximum Gasteiger partial charge on any atom is 0.119 e. The molecule has 0 heterocycles. The molecule has 110 valence electrons. The predicted octanol–water partition coefficient (Wildman–Crippen LogP) is 4.63. The number of anilines is 1. The Morgan fingerprint density at radius 2 is 1.95 bits per heavy atom. The summed E-state index contributed by atoms with van der Waals surface area (Å²) in [6.45, 7) is 4.82. The Hall–Kier alpha value is -1.67. The molecule has 0 radical (unpaired) electrons. The highest BCUT2D eigenvalue weighted by Crippen LogP contribution is 2.29. The summed E-state index contributed by atoms with van der Waals surface area (Å²) in [5, 5.41) is 4.47. The van der Waals surface area contributed by atoms with Gasteiger partial charge >= 0.3 is 0 Å². The summed E-state index contributed by atoms with van der Waals surface area (Å²) in [7, 11) is 0. The average Bonchev–Trinajstić information content (AvgIpc) is 2.83. The Morgan fingerprint density at radius 1 is 1.14 bits per heavy atom. The Bertz CT molecular complexity index is 654. The van der Waals surface area contributed by atoms with Gasteiger partial charge in [0.05, 0.1) is 6.61 Å². The van der Waals surface area contributed by atoms with Crippen molar-refractivity contribution in [1.82, 2.24) is 0 Å². The highest BCUT2D eigenvalue weighted by atomic mass is 35.5. The van der Waals surface area contributed by atoms with Crippen LogP contribution in [-0.2, 0) is 12.8 Å². The standard InChI is InChI=1S/C18H20ClNO/c1-3-21-17-6-7-18(12(2)8-17)20-16-10-13-4-5-15(19)9-14(13)11-16/h4-9,16,20H,3,10-11H2,1-2H3. The molecule has 0 spiro atoms. The predicted molar refractivity (Wildman–Crippen MR) is 88.6 cm³/mol. The van der Waals surface area contributed by atoms with Gasteiger partial charge in [0, 0.05) is 16.8 Å². The number of rotatable bonds is 4. The first-order valence-electron chi connectivity index (χ1n) is 7.43. The first-order chi connectivity index (χ1) is 10.2. The number of hydrogen-bond donors (Lipinski definition) is 1. The molecule has 3 heteroatoms. The van der Waals surface area contributed by atoms with Crippen LogP contribution in [0.5, 0.6) is 5.75 Å². The van der Waals surface area contributed by atoms with Crippen molar-refractivity contribution in [3.8, 4) is 5.75 Å². The fourth-order valence-electron chi connectivity index (χ4n) is 2.96. The highest BCUT2D eigenvalue weighted by molar-refractivity contribution is 6.30. The number of benzene rings is 2. The van der Waals surface area contributed by atoms with Crippen molar-refractivity contribution < 1.29 is 4.74 Å². The molecular formula is C18H20ClNO. The van der Waals surface area contributed by atoms with E-state index < -0.39 is 0 Å². The minimum atomic E-state index is 0.440. The lowest BCUT2D eigenvalue weighted by Crippen LogP contribution is -2.20. The third kappa shape index (κ3) is 3.16. The van der Waals surface area contributed by atoms with Crippen LogP contribution in [0.1, 0.15) is 23.6 Å². The molecule has 3 rings (SSSR count). The molecule has 0 saturated heterocycles. The lowest BCUT2D eigenvalue weighted by Gasteiger charge is -2.16. The van der Waals surface area contributed by atoms with Crippen molar-refractivity contribution >= 4 is 17.3 Å². The van der Waals surface area contributed by atoms with E-state index in [1.54, 1.807) is 0 Å². The lowest BCUT2D eigenvalue weighted by molar-refractivity contribution is 0.340. The Kier molecular flexibility index (Phi) is 4.07. The quantitative estimate of drug-likeness (QED) is 0.889. The molecular weight excluding hydrogens is 282 g/mol. The summed E-state index contributed by atoms with van der Waals surface area (Å²) in [6.07, 6.45) is 2.09. The maximum absolute atomic E-state index is 6.07. The van der Waals surface area contributed by atoms with Gasteiger partial charge < -0.3 is 10.1 Å². The van der Waals surface area contributed by atoms with E-state index in [1.165, 1.54) is 22.4 Å². The molecule has 0 saturated carbocycles. The second kappa shape index (κ2) is 5.98. The summed E-state index contributed by atoms with van der Waals surface area (Å²) in [4.78, 5) is 0. The number of ether oxygens (including phenoxy) is 1. The summed E-state index contributed by atoms with van der Waals surface area (Å²) in [5.74, 6) is 0.932. The fraction of sp³-hybridized carbons (Fsp3) is 0.333. The minimum Gasteiger partial charge on any atom is -0.494 e. The molecule has 2 aromatic rings. The van der Waals surface area contributed by atoms with Gasteiger partial charge in [-0.1, -0.05) is 17.7 Å². The van der Waals surface area contributed by atoms with Crippen LogP contribution in [0, 0.1) is 6.92 Å². The van der Waals surface area contributed by atoms with E-state index in [2.05, 4.69) is 36.5 Å². The number of nitrogens with one attached hydrogen (secondary N) is 1. The summed E-state index contributed by atoms with van der Waals surface area (Å²) < 4.78 is 5.53. The van der Waals surface area contributed by atoms with Crippen molar-refractivity contribution in [1.29, 1.82) is 0 Å². The first-order valence-corrected chi connectivity index (χ1v) is 7.81. The molecule has 1 aliphatic carbocycles. The number of fused-ring (bicyclic) bond motifs is 1. The minimum absolute atomic E-state index is 0.440. The summed E-state index contributed by atoms with van der Waals surface area (Å²) in [5.41, 5.74) is 5.17. The SMILES string of the molecule is CCOc1ccc(NC2Cc3ccc(Cl)cc3C2)c(C)c1. The van der Waals surface area contributed by atoms with E-state index in [-0.39, 0.29) is 0 Å². The van der Waals surface area contributed by atoms with Crippen LogP contribution in [0.3, 0.4) is 0 Å². The molecule has 0 amide bonds. The van der Waals surface area contributed by atoms with Gasteiger partial charge in [0.25, 0.3) is 0 Å². The maximum atomic E-state index is 6.07. The van der Waals surface area contributed by atoms with E-state index in [9.17, 15) is 0 Å². The van der Waals surface area contributed by atoms with Crippen molar-refractivity contribution in [3.63, 3.8) is 0 Å². The summed E-state index contributed by atoms with van der Waals surface area (Å²) in [6, 6.07) is 12.9. The average molecular weight is 302 g/mol. The van der Waals surface area contributed by atoms with Crippen molar-refractivity contribution in [2.75, 3.05) is 11.9 Å². The third-order valence-electron chi connectivity index (χ3n) is 3.97. The molecule has 0 fully saturated rings. The largest absolute Gasteiger partial charge is 0.494 e. The zero-order chi connectivity index (χ0) is 14.8. The first kappa shape index (κ1) is 14.3. The molecule has 21 heavy (non-hydrogen) atoms. The molecule has 0 bridgehead atoms. The zero-order valence-corrected chi connectivity index (χ0v) is 13.2. The van der Waals surface area contributed by atoms with Gasteiger partial charge in [0.15, 0.2) is 0 Å². The molecule has 2 nitrogen and oxygen atoms in total. The van der Waals surface area contributed by atoms with Gasteiger partial charge in [-0.3, -0.25) is 0 Å². The van der Waals surface area contributed by atoms with E-state index in [1.807, 2.05) is 19.1 Å². The molecule has 0 aliphatic heterocycles. The van der Waals surface area contributed by atoms with Crippen molar-refractivity contribution in [2.45, 2.75) is 32.7 Å². The van der Waals surface area contributed by atoms with Gasteiger partial charge in [-0.15, -0.1) is 0 Å².